The summed E-state index contributed by atoms with van der Waals surface area (Å²) in [6.07, 6.45) is 1.25. The van der Waals surface area contributed by atoms with Crippen LogP contribution in [0, 0.1) is 6.92 Å². The summed E-state index contributed by atoms with van der Waals surface area (Å²) >= 11 is 0. The number of benzene rings is 8. The summed E-state index contributed by atoms with van der Waals surface area (Å²) in [5, 5.41) is 0. The first-order valence-corrected chi connectivity index (χ1v) is 20.4. The van der Waals surface area contributed by atoms with Gasteiger partial charge in [0.15, 0.2) is 0 Å². The van der Waals surface area contributed by atoms with Crippen molar-refractivity contribution in [2.75, 3.05) is 9.80 Å². The van der Waals surface area contributed by atoms with E-state index in [4.69, 9.17) is 0 Å². The monoisotopic (exact) mass is 736 g/mol. The van der Waals surface area contributed by atoms with Gasteiger partial charge in [0, 0.05) is 33.6 Å². The third kappa shape index (κ3) is 6.23. The first-order valence-electron chi connectivity index (χ1n) is 20.4. The summed E-state index contributed by atoms with van der Waals surface area (Å²) in [5.41, 5.74) is 22.2. The van der Waals surface area contributed by atoms with Crippen LogP contribution in [-0.4, -0.2) is 0 Å². The second kappa shape index (κ2) is 15.1. The lowest BCUT2D eigenvalue weighted by Crippen LogP contribution is -2.12. The molecule has 0 N–H and O–H groups in total. The van der Waals surface area contributed by atoms with E-state index in [0.29, 0.717) is 5.92 Å². The molecule has 2 nitrogen and oxygen atoms in total. The molecule has 57 heavy (non-hydrogen) atoms. The minimum Gasteiger partial charge on any atom is -0.309 e. The Labute approximate surface area is 338 Å². The Morgan fingerprint density at radius 2 is 0.649 bits per heavy atom. The zero-order chi connectivity index (χ0) is 39.0. The zero-order valence-corrected chi connectivity index (χ0v) is 33.5. The third-order valence-electron chi connectivity index (χ3n) is 11.3. The van der Waals surface area contributed by atoms with Gasteiger partial charge in [-0.1, -0.05) is 168 Å². The fourth-order valence-electron chi connectivity index (χ4n) is 8.81. The Bertz CT molecular complexity index is 2620. The molecule has 0 unspecified atom stereocenters. The van der Waals surface area contributed by atoms with E-state index in [1.165, 1.54) is 102 Å². The van der Waals surface area contributed by atoms with Crippen LogP contribution in [0.3, 0.4) is 0 Å². The van der Waals surface area contributed by atoms with E-state index in [-0.39, 0.29) is 0 Å². The summed E-state index contributed by atoms with van der Waals surface area (Å²) < 4.78 is 0. The smallest absolute Gasteiger partial charge is 0.0540 e. The maximum Gasteiger partial charge on any atom is 0.0540 e. The van der Waals surface area contributed by atoms with E-state index >= 15 is 0 Å². The molecule has 2 aliphatic rings. The molecule has 10 rings (SSSR count). The summed E-state index contributed by atoms with van der Waals surface area (Å²) in [6, 6.07) is 67.0. The molecule has 8 aromatic carbocycles. The lowest BCUT2D eigenvalue weighted by Gasteiger charge is -2.29. The topological polar surface area (TPSA) is 6.48 Å². The van der Waals surface area contributed by atoms with Crippen LogP contribution in [-0.2, 0) is 0 Å². The van der Waals surface area contributed by atoms with Crippen molar-refractivity contribution < 1.29 is 0 Å². The number of hydrogen-bond donors (Lipinski definition) is 0. The van der Waals surface area contributed by atoms with Crippen molar-refractivity contribution in [2.45, 2.75) is 47.0 Å². The van der Waals surface area contributed by atoms with Gasteiger partial charge in [-0.05, 0) is 106 Å². The van der Waals surface area contributed by atoms with Crippen molar-refractivity contribution in [3.05, 3.63) is 193 Å². The van der Waals surface area contributed by atoms with Gasteiger partial charge in [-0.25, -0.2) is 0 Å². The zero-order valence-electron chi connectivity index (χ0n) is 33.5. The van der Waals surface area contributed by atoms with Crippen molar-refractivity contribution in [3.63, 3.8) is 0 Å². The van der Waals surface area contributed by atoms with Gasteiger partial charge in [0.2, 0.25) is 0 Å². The first-order chi connectivity index (χ1) is 28.0. The Kier molecular flexibility index (Phi) is 9.56. The van der Waals surface area contributed by atoms with Crippen molar-refractivity contribution in [3.8, 4) is 55.6 Å². The van der Waals surface area contributed by atoms with Crippen LogP contribution in [0.15, 0.2) is 182 Å². The van der Waals surface area contributed by atoms with Crippen molar-refractivity contribution in [1.82, 2.24) is 0 Å². The van der Waals surface area contributed by atoms with E-state index in [1.807, 2.05) is 0 Å². The number of para-hydroxylation sites is 4. The molecule has 0 fully saturated rings. The fraction of sp³-hybridized carbons (Fsp3) is 0.127. The van der Waals surface area contributed by atoms with Gasteiger partial charge >= 0.3 is 0 Å². The molecule has 0 saturated carbocycles. The van der Waals surface area contributed by atoms with Gasteiger partial charge in [0.1, 0.15) is 0 Å². The molecule has 2 heteroatoms. The number of anilines is 6. The molecular formula is C55H48N2. The van der Waals surface area contributed by atoms with Crippen molar-refractivity contribution in [2.24, 2.45) is 0 Å². The highest BCUT2D eigenvalue weighted by Crippen LogP contribution is 2.53. The predicted octanol–water partition coefficient (Wildman–Crippen LogP) is 16.4. The quantitative estimate of drug-likeness (QED) is 0.177. The van der Waals surface area contributed by atoms with Gasteiger partial charge in [-0.15, -0.1) is 0 Å². The highest BCUT2D eigenvalue weighted by atomic mass is 15.2. The van der Waals surface area contributed by atoms with E-state index in [2.05, 4.69) is 226 Å². The second-order valence-corrected chi connectivity index (χ2v) is 15.5. The molecule has 0 saturated heterocycles. The maximum atomic E-state index is 2.46. The minimum atomic E-state index is 0.316. The van der Waals surface area contributed by atoms with Crippen molar-refractivity contribution >= 4 is 34.1 Å². The number of fused-ring (bicyclic) bond motifs is 10. The van der Waals surface area contributed by atoms with E-state index < -0.39 is 0 Å². The second-order valence-electron chi connectivity index (χ2n) is 15.5. The predicted molar refractivity (Wildman–Crippen MR) is 245 cm³/mol. The largest absolute Gasteiger partial charge is 0.309 e. The van der Waals surface area contributed by atoms with Crippen LogP contribution >= 0.6 is 0 Å². The van der Waals surface area contributed by atoms with Crippen LogP contribution in [0.5, 0.6) is 0 Å². The molecule has 2 heterocycles. The lowest BCUT2D eigenvalue weighted by atomic mass is 9.89. The number of aryl methyl sites for hydroxylation is 1. The molecule has 0 aromatic heterocycles. The van der Waals surface area contributed by atoms with Gasteiger partial charge in [-0.3, -0.25) is 0 Å². The molecule has 0 radical (unpaired) electrons. The van der Waals surface area contributed by atoms with Gasteiger partial charge in [-0.2, -0.15) is 0 Å². The van der Waals surface area contributed by atoms with Gasteiger partial charge in [0.05, 0.1) is 22.7 Å². The molecule has 278 valence electrons. The summed E-state index contributed by atoms with van der Waals surface area (Å²) in [4.78, 5) is 4.91. The number of rotatable bonds is 4. The summed E-state index contributed by atoms with van der Waals surface area (Å²) in [6.45, 7) is 11.1. The normalized spacial score (nSPS) is 12.1. The number of hydrogen-bond acceptors (Lipinski definition) is 2. The molecule has 0 spiro atoms. The van der Waals surface area contributed by atoms with Crippen LogP contribution in [0.1, 0.15) is 51.2 Å². The third-order valence-corrected chi connectivity index (χ3v) is 11.3. The van der Waals surface area contributed by atoms with E-state index in [9.17, 15) is 0 Å². The molecular weight excluding hydrogens is 689 g/mol. The maximum absolute atomic E-state index is 2.46. The first kappa shape index (κ1) is 36.0. The number of nitrogens with zero attached hydrogens (tertiary/aromatic N) is 2. The van der Waals surface area contributed by atoms with E-state index in [0.717, 1.165) is 5.69 Å². The van der Waals surface area contributed by atoms with Crippen LogP contribution in [0.4, 0.5) is 34.1 Å². The molecule has 0 aliphatic carbocycles. The van der Waals surface area contributed by atoms with Gasteiger partial charge in [0.25, 0.3) is 0 Å². The minimum absolute atomic E-state index is 0.316. The standard InChI is InChI=1S/C52H40N2.C3H8/c1-34(2)48-33-37(54-51-26-14-10-22-46(51)41-18-6-7-19-42(41)47-23-11-15-27-52(47)54)29-31-43(48)38-30-28-36(32-35(38)3)53-49-24-12-8-20-44(49)39-16-4-5-17-40(39)45-21-9-13-25-50(45)53;1-3-2/h4-34H,1-3H3;3H2,1-2H3. The molecule has 0 atom stereocenters. The molecule has 2 aliphatic heterocycles. The Morgan fingerprint density at radius 1 is 0.351 bits per heavy atom. The molecule has 8 aromatic rings. The Morgan fingerprint density at radius 3 is 0.982 bits per heavy atom. The average Bonchev–Trinajstić information content (AvgIpc) is 3.46. The van der Waals surface area contributed by atoms with Crippen LogP contribution in [0.25, 0.3) is 55.6 Å². The fourth-order valence-corrected chi connectivity index (χ4v) is 8.81. The Balaban J connectivity index is 0.00000137. The van der Waals surface area contributed by atoms with Crippen LogP contribution in [0.2, 0.25) is 0 Å². The van der Waals surface area contributed by atoms with Crippen LogP contribution < -0.4 is 9.80 Å². The summed E-state index contributed by atoms with van der Waals surface area (Å²) in [5.74, 6) is 0.316. The molecule has 0 amide bonds. The average molecular weight is 737 g/mol. The SMILES string of the molecule is CCC.Cc1cc(N2c3ccccc3-c3ccccc3-c3ccccc32)ccc1-c1ccc(N2c3ccccc3-c3ccccc3-c3ccccc32)cc1C(C)C. The lowest BCUT2D eigenvalue weighted by molar-refractivity contribution is 0.868. The van der Waals surface area contributed by atoms with Gasteiger partial charge < -0.3 is 9.80 Å². The van der Waals surface area contributed by atoms with Crippen molar-refractivity contribution in [1.29, 1.82) is 0 Å². The molecule has 0 bridgehead atoms. The summed E-state index contributed by atoms with van der Waals surface area (Å²) in [7, 11) is 0. The highest BCUT2D eigenvalue weighted by Gasteiger charge is 2.28. The highest BCUT2D eigenvalue weighted by molar-refractivity contribution is 6.04. The van der Waals surface area contributed by atoms with E-state index in [1.54, 1.807) is 0 Å². The Hall–Kier alpha value is -6.64.